The van der Waals surface area contributed by atoms with Gasteiger partial charge in [0.1, 0.15) is 6.04 Å². The molecule has 2 saturated heterocycles. The monoisotopic (exact) mass is 615 g/mol. The summed E-state index contributed by atoms with van der Waals surface area (Å²) in [5.41, 5.74) is 4.10. The predicted molar refractivity (Wildman–Crippen MR) is 173 cm³/mol. The van der Waals surface area contributed by atoms with Gasteiger partial charge >= 0.3 is 5.97 Å². The molecule has 44 heavy (non-hydrogen) atoms. The maximum absolute atomic E-state index is 13.7. The van der Waals surface area contributed by atoms with Crippen molar-refractivity contribution in [3.63, 3.8) is 0 Å². The number of carbonyl (C=O) groups excluding carboxylic acids is 1. The zero-order valence-corrected chi connectivity index (χ0v) is 26.2. The average molecular weight is 616 g/mol. The van der Waals surface area contributed by atoms with E-state index in [1.165, 1.54) is 7.11 Å². The van der Waals surface area contributed by atoms with Gasteiger partial charge in [0.25, 0.3) is 0 Å². The van der Waals surface area contributed by atoms with Crippen molar-refractivity contribution in [2.24, 2.45) is 0 Å². The van der Waals surface area contributed by atoms with E-state index in [-0.39, 0.29) is 5.97 Å². The maximum Gasteiger partial charge on any atom is 0.328 e. The minimum atomic E-state index is -0.657. The summed E-state index contributed by atoms with van der Waals surface area (Å²) in [7, 11) is 5.71. The Kier molecular flexibility index (Phi) is 7.77. The molecule has 0 amide bonds. The highest BCUT2D eigenvalue weighted by Crippen LogP contribution is 2.43. The van der Waals surface area contributed by atoms with Crippen LogP contribution in [0.4, 0.5) is 17.8 Å². The number of carbonyl (C=O) groups is 1. The van der Waals surface area contributed by atoms with Gasteiger partial charge in [0, 0.05) is 80.4 Å². The molecule has 2 atom stereocenters. The molecule has 5 heterocycles. The van der Waals surface area contributed by atoms with Crippen molar-refractivity contribution in [3.05, 3.63) is 70.4 Å². The number of ether oxygens (including phenoxy) is 1. The number of methoxy groups -OCH3 is 1. The lowest BCUT2D eigenvalue weighted by Crippen LogP contribution is -2.51. The molecule has 0 unspecified atom stereocenters. The molecule has 2 fully saturated rings. The third kappa shape index (κ3) is 5.33. The Hall–Kier alpha value is -3.93. The van der Waals surface area contributed by atoms with Crippen LogP contribution in [0.2, 0.25) is 5.02 Å². The van der Waals surface area contributed by atoms with Gasteiger partial charge in [-0.05, 0) is 43.4 Å². The van der Waals surface area contributed by atoms with Gasteiger partial charge in [-0.1, -0.05) is 41.9 Å². The first kappa shape index (κ1) is 28.8. The molecule has 4 aromatic rings. The zero-order valence-electron chi connectivity index (χ0n) is 25.4. The van der Waals surface area contributed by atoms with Crippen LogP contribution < -0.4 is 14.7 Å². The zero-order chi connectivity index (χ0) is 30.4. The van der Waals surface area contributed by atoms with Crippen LogP contribution >= 0.6 is 11.6 Å². The second-order valence-electron chi connectivity index (χ2n) is 12.0. The molecule has 7 rings (SSSR count). The van der Waals surface area contributed by atoms with Crippen molar-refractivity contribution in [2.45, 2.75) is 18.5 Å². The van der Waals surface area contributed by atoms with Gasteiger partial charge in [0.2, 0.25) is 17.8 Å². The molecule has 12 heteroatoms. The number of fused-ring (bicyclic) bond motifs is 3. The molecule has 0 spiro atoms. The minimum Gasteiger partial charge on any atom is -0.467 e. The highest BCUT2D eigenvalue weighted by Gasteiger charge is 2.44. The van der Waals surface area contributed by atoms with Gasteiger partial charge < -0.3 is 34.2 Å². The van der Waals surface area contributed by atoms with Crippen LogP contribution in [0.25, 0.3) is 10.9 Å². The number of aromatic amines is 1. The molecule has 3 aliphatic heterocycles. The van der Waals surface area contributed by atoms with Crippen LogP contribution in [0.1, 0.15) is 22.9 Å². The second kappa shape index (κ2) is 11.9. The summed E-state index contributed by atoms with van der Waals surface area (Å²) < 4.78 is 5.45. The SMILES string of the molecule is COC(=O)[C@@H]1Cc2c([nH]c3ccccc23)[C@@H](c2ccc(Cl)cc2)N1c1nc(N2CCN(C)CC2)nc(N2CCN(C)CC2)n1. The van der Waals surface area contributed by atoms with Crippen LogP contribution in [0.3, 0.4) is 0 Å². The molecule has 2 aromatic heterocycles. The maximum atomic E-state index is 13.7. The van der Waals surface area contributed by atoms with Crippen LogP contribution in [0.15, 0.2) is 48.5 Å². The number of benzene rings is 2. The summed E-state index contributed by atoms with van der Waals surface area (Å²) in [5, 5.41) is 1.74. The summed E-state index contributed by atoms with van der Waals surface area (Å²) in [6.45, 7) is 6.95. The molecular weight excluding hydrogens is 578 g/mol. The van der Waals surface area contributed by atoms with E-state index in [2.05, 4.69) is 50.8 Å². The number of H-pyrrole nitrogens is 1. The van der Waals surface area contributed by atoms with Gasteiger partial charge in [-0.25, -0.2) is 4.79 Å². The lowest BCUT2D eigenvalue weighted by molar-refractivity contribution is -0.142. The third-order valence-corrected chi connectivity index (χ3v) is 9.45. The Labute approximate surface area is 262 Å². The van der Waals surface area contributed by atoms with Crippen LogP contribution in [-0.2, 0) is 16.0 Å². The van der Waals surface area contributed by atoms with E-state index in [0.29, 0.717) is 29.3 Å². The second-order valence-corrected chi connectivity index (χ2v) is 12.4. The lowest BCUT2D eigenvalue weighted by Gasteiger charge is -2.42. The molecule has 0 bridgehead atoms. The van der Waals surface area contributed by atoms with Gasteiger partial charge in [-0.3, -0.25) is 0 Å². The Morgan fingerprint density at radius 2 is 1.39 bits per heavy atom. The van der Waals surface area contributed by atoms with Crippen LogP contribution in [-0.4, -0.2) is 115 Å². The number of nitrogens with zero attached hydrogens (tertiary/aromatic N) is 8. The fourth-order valence-electron chi connectivity index (χ4n) is 6.60. The van der Waals surface area contributed by atoms with Crippen molar-refractivity contribution in [1.29, 1.82) is 0 Å². The Morgan fingerprint density at radius 3 is 1.98 bits per heavy atom. The predicted octanol–water partition coefficient (Wildman–Crippen LogP) is 3.20. The van der Waals surface area contributed by atoms with Gasteiger partial charge in [0.15, 0.2) is 0 Å². The molecule has 0 radical (unpaired) electrons. The van der Waals surface area contributed by atoms with E-state index in [9.17, 15) is 4.79 Å². The number of esters is 1. The molecular formula is C32H38ClN9O2. The molecule has 2 aromatic carbocycles. The van der Waals surface area contributed by atoms with Gasteiger partial charge in [0.05, 0.1) is 13.2 Å². The van der Waals surface area contributed by atoms with Crippen LogP contribution in [0, 0.1) is 0 Å². The van der Waals surface area contributed by atoms with E-state index in [1.54, 1.807) is 0 Å². The minimum absolute atomic E-state index is 0.331. The summed E-state index contributed by atoms with van der Waals surface area (Å²) >= 11 is 6.36. The largest absolute Gasteiger partial charge is 0.467 e. The number of piperazine rings is 2. The summed E-state index contributed by atoms with van der Waals surface area (Å²) in [5.74, 6) is 1.40. The Bertz CT molecular complexity index is 1610. The van der Waals surface area contributed by atoms with Crippen LogP contribution in [0.5, 0.6) is 0 Å². The molecule has 230 valence electrons. The van der Waals surface area contributed by atoms with Crippen molar-refractivity contribution in [1.82, 2.24) is 29.7 Å². The molecule has 1 N–H and O–H groups in total. The van der Waals surface area contributed by atoms with Crippen molar-refractivity contribution >= 4 is 46.3 Å². The first-order chi connectivity index (χ1) is 21.4. The number of aromatic nitrogens is 4. The van der Waals surface area contributed by atoms with E-state index in [0.717, 1.165) is 80.1 Å². The summed E-state index contributed by atoms with van der Waals surface area (Å²) in [6.07, 6.45) is 0.454. The first-order valence-electron chi connectivity index (χ1n) is 15.2. The highest BCUT2D eigenvalue weighted by atomic mass is 35.5. The molecule has 0 saturated carbocycles. The van der Waals surface area contributed by atoms with Gasteiger partial charge in [-0.2, -0.15) is 15.0 Å². The molecule has 3 aliphatic rings. The number of nitrogens with one attached hydrogen (secondary N) is 1. The normalized spacial score (nSPS) is 21.5. The van der Waals surface area contributed by atoms with E-state index >= 15 is 0 Å². The molecule has 0 aliphatic carbocycles. The van der Waals surface area contributed by atoms with E-state index < -0.39 is 12.1 Å². The van der Waals surface area contributed by atoms with E-state index in [4.69, 9.17) is 31.3 Å². The highest BCUT2D eigenvalue weighted by molar-refractivity contribution is 6.30. The number of hydrogen-bond acceptors (Lipinski definition) is 10. The fraction of sp³-hybridized carbons (Fsp3) is 0.438. The topological polar surface area (TPSA) is 97.0 Å². The lowest BCUT2D eigenvalue weighted by atomic mass is 9.88. The fourth-order valence-corrected chi connectivity index (χ4v) is 6.73. The average Bonchev–Trinajstić information content (AvgIpc) is 3.43. The van der Waals surface area contributed by atoms with Gasteiger partial charge in [-0.15, -0.1) is 0 Å². The standard InChI is InChI=1S/C32H38ClN9O2/c1-38-12-16-40(17-13-38)30-35-31(41-18-14-39(2)15-19-41)37-32(36-30)42-26(29(43)44-3)20-24-23-6-4-5-7-25(23)34-27(24)28(42)21-8-10-22(33)11-9-21/h4-11,26,28,34H,12-20H2,1-3H3/t26-,28+/m0/s1. The quantitative estimate of drug-likeness (QED) is 0.337. The third-order valence-electron chi connectivity index (χ3n) is 9.19. The Morgan fingerprint density at radius 1 is 0.818 bits per heavy atom. The summed E-state index contributed by atoms with van der Waals surface area (Å²) in [6, 6.07) is 15.0. The number of hydrogen-bond donors (Lipinski definition) is 1. The Balaban J connectivity index is 1.42. The first-order valence-corrected chi connectivity index (χ1v) is 15.6. The van der Waals surface area contributed by atoms with Crippen molar-refractivity contribution in [3.8, 4) is 0 Å². The number of anilines is 3. The smallest absolute Gasteiger partial charge is 0.328 e. The van der Waals surface area contributed by atoms with E-state index in [1.807, 2.05) is 41.3 Å². The molecule has 11 nitrogen and oxygen atoms in total. The van der Waals surface area contributed by atoms with Crippen molar-refractivity contribution < 1.29 is 9.53 Å². The number of para-hydroxylation sites is 1. The number of likely N-dealkylation sites (N-methyl/N-ethyl adjacent to an activating group) is 2. The van der Waals surface area contributed by atoms with Crippen molar-refractivity contribution in [2.75, 3.05) is 88.3 Å². The summed E-state index contributed by atoms with van der Waals surface area (Å²) in [4.78, 5) is 43.8. The number of halogens is 1. The number of rotatable bonds is 5.